The highest BCUT2D eigenvalue weighted by Gasteiger charge is 2.18. The lowest BCUT2D eigenvalue weighted by atomic mass is 9.98. The molecule has 0 spiro atoms. The number of nitrogens with zero attached hydrogens (tertiary/aromatic N) is 4. The van der Waals surface area contributed by atoms with Gasteiger partial charge in [0.2, 0.25) is 5.71 Å². The van der Waals surface area contributed by atoms with Crippen molar-refractivity contribution in [2.75, 3.05) is 0 Å². The molecule has 0 fully saturated rings. The third-order valence-electron chi connectivity index (χ3n) is 10.1. The highest BCUT2D eigenvalue weighted by atomic mass is 16.3. The molecule has 5 nitrogen and oxygen atoms in total. The SMILES string of the molecule is c1ccc(-c2ccc(-c3nc(-c4ccc(-c5ccccc5)cc4)nc(-c4ccc5c(c4)oc4nccc(-c6ccc(-c7ccccc7)cc6)c45)n3)cc2)cc1. The Labute approximate surface area is 318 Å². The Kier molecular flexibility index (Phi) is 8.08. The van der Waals surface area contributed by atoms with E-state index >= 15 is 0 Å². The first-order chi connectivity index (χ1) is 27.2. The molecular weight excluding hydrogens is 673 g/mol. The van der Waals surface area contributed by atoms with Gasteiger partial charge in [0.1, 0.15) is 5.58 Å². The highest BCUT2D eigenvalue weighted by Crippen LogP contribution is 2.38. The lowest BCUT2D eigenvalue weighted by Gasteiger charge is -2.10. The van der Waals surface area contributed by atoms with Gasteiger partial charge in [-0.15, -0.1) is 0 Å². The summed E-state index contributed by atoms with van der Waals surface area (Å²) in [5, 5.41) is 1.96. The van der Waals surface area contributed by atoms with Crippen molar-refractivity contribution in [2.45, 2.75) is 0 Å². The summed E-state index contributed by atoms with van der Waals surface area (Å²) in [6.07, 6.45) is 1.81. The molecule has 3 aromatic heterocycles. The molecule has 0 bridgehead atoms. The Hall–Kier alpha value is -7.50. The quantitative estimate of drug-likeness (QED) is 0.165. The van der Waals surface area contributed by atoms with Crippen LogP contribution in [0.2, 0.25) is 0 Å². The Morgan fingerprint density at radius 1 is 0.327 bits per heavy atom. The zero-order valence-electron chi connectivity index (χ0n) is 29.7. The molecule has 0 radical (unpaired) electrons. The summed E-state index contributed by atoms with van der Waals surface area (Å²) in [6.45, 7) is 0. The minimum Gasteiger partial charge on any atom is -0.438 e. The fourth-order valence-corrected chi connectivity index (χ4v) is 7.20. The van der Waals surface area contributed by atoms with Crippen LogP contribution in [0, 0.1) is 0 Å². The molecule has 7 aromatic carbocycles. The van der Waals surface area contributed by atoms with Gasteiger partial charge in [-0.3, -0.25) is 0 Å². The van der Waals surface area contributed by atoms with Crippen molar-refractivity contribution < 1.29 is 4.42 Å². The molecule has 258 valence electrons. The van der Waals surface area contributed by atoms with E-state index in [0.717, 1.165) is 66.4 Å². The van der Waals surface area contributed by atoms with Crippen LogP contribution in [0.4, 0.5) is 0 Å². The van der Waals surface area contributed by atoms with E-state index in [1.54, 1.807) is 0 Å². The van der Waals surface area contributed by atoms with Gasteiger partial charge >= 0.3 is 0 Å². The van der Waals surface area contributed by atoms with Crippen molar-refractivity contribution in [3.05, 3.63) is 194 Å². The lowest BCUT2D eigenvalue weighted by molar-refractivity contribution is 0.654. The maximum absolute atomic E-state index is 6.43. The second-order valence-corrected chi connectivity index (χ2v) is 13.5. The van der Waals surface area contributed by atoms with E-state index in [4.69, 9.17) is 19.4 Å². The molecule has 0 atom stereocenters. The number of pyridine rings is 1. The number of hydrogen-bond acceptors (Lipinski definition) is 5. The summed E-state index contributed by atoms with van der Waals surface area (Å²) in [5.41, 5.74) is 13.0. The second kappa shape index (κ2) is 13.8. The van der Waals surface area contributed by atoms with Gasteiger partial charge in [0, 0.05) is 28.3 Å². The van der Waals surface area contributed by atoms with E-state index < -0.39 is 0 Å². The van der Waals surface area contributed by atoms with Crippen LogP contribution in [0.1, 0.15) is 0 Å². The first-order valence-corrected chi connectivity index (χ1v) is 18.3. The highest BCUT2D eigenvalue weighted by molar-refractivity contribution is 6.11. The largest absolute Gasteiger partial charge is 0.438 e. The van der Waals surface area contributed by atoms with Crippen LogP contribution in [-0.2, 0) is 0 Å². The molecule has 0 unspecified atom stereocenters. The number of fused-ring (bicyclic) bond motifs is 3. The number of hydrogen-bond donors (Lipinski definition) is 0. The monoisotopic (exact) mass is 704 g/mol. The molecule has 0 aliphatic rings. The molecule has 5 heteroatoms. The molecule has 0 N–H and O–H groups in total. The topological polar surface area (TPSA) is 64.7 Å². The first-order valence-electron chi connectivity index (χ1n) is 18.3. The van der Waals surface area contributed by atoms with E-state index in [-0.39, 0.29) is 0 Å². The Bertz CT molecular complexity index is 2820. The standard InChI is InChI=1S/C50H32N4O/c1-4-10-33(11-5-1)36-16-22-39(23-17-36)43-30-31-51-50-46(43)44-29-28-42(32-45(44)55-50)49-53-47(40-24-18-37(19-25-40)34-12-6-2-7-13-34)52-48(54-49)41-26-20-38(21-27-41)35-14-8-3-9-15-35/h1-32H. The molecule has 10 aromatic rings. The predicted molar refractivity (Wildman–Crippen MR) is 223 cm³/mol. The van der Waals surface area contributed by atoms with Crippen LogP contribution in [0.3, 0.4) is 0 Å². The fraction of sp³-hybridized carbons (Fsp3) is 0. The summed E-state index contributed by atoms with van der Waals surface area (Å²) in [5.74, 6) is 1.75. The fourth-order valence-electron chi connectivity index (χ4n) is 7.20. The van der Waals surface area contributed by atoms with Gasteiger partial charge < -0.3 is 4.42 Å². The van der Waals surface area contributed by atoms with Crippen molar-refractivity contribution in [2.24, 2.45) is 0 Å². The van der Waals surface area contributed by atoms with Crippen LogP contribution in [0.15, 0.2) is 199 Å². The zero-order valence-corrected chi connectivity index (χ0v) is 29.7. The molecule has 0 aliphatic carbocycles. The van der Waals surface area contributed by atoms with E-state index in [0.29, 0.717) is 23.2 Å². The van der Waals surface area contributed by atoms with Gasteiger partial charge in [-0.2, -0.15) is 0 Å². The Balaban J connectivity index is 1.06. The average Bonchev–Trinajstić information content (AvgIpc) is 3.66. The van der Waals surface area contributed by atoms with Crippen molar-refractivity contribution in [3.63, 3.8) is 0 Å². The summed E-state index contributed by atoms with van der Waals surface area (Å²) in [6, 6.07) is 64.8. The van der Waals surface area contributed by atoms with Gasteiger partial charge in [-0.1, -0.05) is 170 Å². The molecule has 0 aliphatic heterocycles. The van der Waals surface area contributed by atoms with E-state index in [2.05, 4.69) is 169 Å². The van der Waals surface area contributed by atoms with E-state index in [9.17, 15) is 0 Å². The van der Waals surface area contributed by atoms with Crippen molar-refractivity contribution in [1.29, 1.82) is 0 Å². The van der Waals surface area contributed by atoms with Crippen molar-refractivity contribution in [3.8, 4) is 78.7 Å². The van der Waals surface area contributed by atoms with Gasteiger partial charge in [0.05, 0.1) is 5.39 Å². The van der Waals surface area contributed by atoms with Crippen LogP contribution in [-0.4, -0.2) is 19.9 Å². The Morgan fingerprint density at radius 3 is 1.18 bits per heavy atom. The smallest absolute Gasteiger partial charge is 0.227 e. The van der Waals surface area contributed by atoms with Gasteiger partial charge in [-0.25, -0.2) is 19.9 Å². The molecular formula is C50H32N4O. The second-order valence-electron chi connectivity index (χ2n) is 13.5. The molecule has 0 saturated heterocycles. The minimum absolute atomic E-state index is 0.561. The third kappa shape index (κ3) is 6.24. The van der Waals surface area contributed by atoms with E-state index in [1.165, 1.54) is 11.1 Å². The van der Waals surface area contributed by atoms with Crippen LogP contribution >= 0.6 is 0 Å². The average molecular weight is 705 g/mol. The van der Waals surface area contributed by atoms with Gasteiger partial charge in [0.25, 0.3) is 0 Å². The number of furan rings is 1. The van der Waals surface area contributed by atoms with Crippen molar-refractivity contribution >= 4 is 22.1 Å². The van der Waals surface area contributed by atoms with Gasteiger partial charge in [-0.05, 0) is 62.7 Å². The van der Waals surface area contributed by atoms with Crippen LogP contribution in [0.25, 0.3) is 101 Å². The lowest BCUT2D eigenvalue weighted by Crippen LogP contribution is -2.00. The van der Waals surface area contributed by atoms with E-state index in [1.807, 2.05) is 30.5 Å². The molecule has 3 heterocycles. The first kappa shape index (κ1) is 32.2. The van der Waals surface area contributed by atoms with Gasteiger partial charge in [0.15, 0.2) is 17.5 Å². The number of benzene rings is 7. The third-order valence-corrected chi connectivity index (χ3v) is 10.1. The molecule has 55 heavy (non-hydrogen) atoms. The summed E-state index contributed by atoms with van der Waals surface area (Å²) >= 11 is 0. The number of rotatable bonds is 7. The predicted octanol–water partition coefficient (Wildman–Crippen LogP) is 12.8. The Morgan fingerprint density at radius 2 is 0.709 bits per heavy atom. The van der Waals surface area contributed by atoms with Crippen LogP contribution in [0.5, 0.6) is 0 Å². The summed E-state index contributed by atoms with van der Waals surface area (Å²) in [7, 11) is 0. The van der Waals surface area contributed by atoms with Crippen molar-refractivity contribution in [1.82, 2.24) is 19.9 Å². The zero-order chi connectivity index (χ0) is 36.6. The maximum atomic E-state index is 6.43. The summed E-state index contributed by atoms with van der Waals surface area (Å²) < 4.78 is 6.43. The van der Waals surface area contributed by atoms with Crippen LogP contribution < -0.4 is 0 Å². The molecule has 10 rings (SSSR count). The molecule has 0 amide bonds. The number of aromatic nitrogens is 4. The maximum Gasteiger partial charge on any atom is 0.227 e. The summed E-state index contributed by atoms with van der Waals surface area (Å²) in [4.78, 5) is 19.7. The normalized spacial score (nSPS) is 11.3. The minimum atomic E-state index is 0.561. The molecule has 0 saturated carbocycles.